The minimum atomic E-state index is -4.49. The van der Waals surface area contributed by atoms with Crippen molar-refractivity contribution in [2.24, 2.45) is 5.16 Å². The lowest BCUT2D eigenvalue weighted by molar-refractivity contribution is -0.137. The van der Waals surface area contributed by atoms with Crippen molar-refractivity contribution in [2.45, 2.75) is 6.18 Å². The van der Waals surface area contributed by atoms with Crippen molar-refractivity contribution in [3.8, 4) is 0 Å². The van der Waals surface area contributed by atoms with Gasteiger partial charge in [0.25, 0.3) is 0 Å². The fraction of sp³-hybridized carbons (Fsp3) is 0.125. The molecule has 1 aromatic rings. The van der Waals surface area contributed by atoms with Crippen LogP contribution in [0.2, 0.25) is 5.02 Å². The molecule has 0 spiro atoms. The highest BCUT2D eigenvalue weighted by atomic mass is 35.5. The van der Waals surface area contributed by atoms with E-state index in [1.165, 1.54) is 0 Å². The molecule has 0 fully saturated rings. The average molecular weight is 258 g/mol. The highest BCUT2D eigenvalue weighted by Gasteiger charge is 2.31. The van der Waals surface area contributed by atoms with Gasteiger partial charge in [-0.1, -0.05) is 28.4 Å². The maximum absolute atomic E-state index is 12.3. The zero-order valence-corrected chi connectivity index (χ0v) is 8.53. The fourth-order valence-electron chi connectivity index (χ4n) is 0.914. The number of rotatable bonds is 1. The van der Waals surface area contributed by atoms with Gasteiger partial charge in [0.05, 0.1) is 10.6 Å². The second kappa shape index (κ2) is 4.28. The van der Waals surface area contributed by atoms with Crippen molar-refractivity contribution < 1.29 is 18.4 Å². The summed E-state index contributed by atoms with van der Waals surface area (Å²) in [5, 5.41) is 10.4. The summed E-state index contributed by atoms with van der Waals surface area (Å²) >= 11 is 10.9. The van der Waals surface area contributed by atoms with Crippen LogP contribution in [0.5, 0.6) is 0 Å². The van der Waals surface area contributed by atoms with Crippen molar-refractivity contribution in [3.63, 3.8) is 0 Å². The van der Waals surface area contributed by atoms with Gasteiger partial charge in [-0.3, -0.25) is 0 Å². The Labute approximate surface area is 92.9 Å². The molecule has 0 aromatic heterocycles. The van der Waals surface area contributed by atoms with E-state index < -0.39 is 16.9 Å². The van der Waals surface area contributed by atoms with Crippen LogP contribution < -0.4 is 0 Å². The first-order valence-electron chi connectivity index (χ1n) is 3.61. The minimum absolute atomic E-state index is 0.0224. The van der Waals surface area contributed by atoms with E-state index >= 15 is 0 Å². The van der Waals surface area contributed by atoms with Crippen LogP contribution in [0.25, 0.3) is 0 Å². The Hall–Kier alpha value is -0.940. The molecule has 0 amide bonds. The molecular formula is C8H4Cl2F3NO. The Kier molecular flexibility index (Phi) is 3.46. The molecule has 15 heavy (non-hydrogen) atoms. The zero-order chi connectivity index (χ0) is 11.6. The fourth-order valence-corrected chi connectivity index (χ4v) is 1.33. The number of oxime groups is 1. The van der Waals surface area contributed by atoms with E-state index in [0.29, 0.717) is 6.07 Å². The molecule has 0 aliphatic carbocycles. The molecule has 0 radical (unpaired) electrons. The third kappa shape index (κ3) is 2.76. The lowest BCUT2D eigenvalue weighted by Crippen LogP contribution is -2.06. The first-order valence-corrected chi connectivity index (χ1v) is 4.36. The summed E-state index contributed by atoms with van der Waals surface area (Å²) < 4.78 is 36.8. The van der Waals surface area contributed by atoms with Crippen LogP contribution in [-0.4, -0.2) is 10.4 Å². The van der Waals surface area contributed by atoms with Gasteiger partial charge in [0, 0.05) is 5.56 Å². The normalized spacial score (nSPS) is 13.0. The molecule has 1 aromatic carbocycles. The molecule has 0 unspecified atom stereocenters. The Morgan fingerprint density at radius 2 is 1.93 bits per heavy atom. The number of nitrogens with zero attached hydrogens (tertiary/aromatic N) is 1. The van der Waals surface area contributed by atoms with Gasteiger partial charge in [-0.2, -0.15) is 13.2 Å². The molecule has 0 bridgehead atoms. The third-order valence-corrected chi connectivity index (χ3v) is 2.21. The molecule has 82 valence electrons. The van der Waals surface area contributed by atoms with Crippen molar-refractivity contribution in [1.29, 1.82) is 0 Å². The highest BCUT2D eigenvalue weighted by molar-refractivity contribution is 6.70. The van der Waals surface area contributed by atoms with Crippen LogP contribution in [0.1, 0.15) is 11.1 Å². The van der Waals surface area contributed by atoms with Gasteiger partial charge < -0.3 is 5.21 Å². The van der Waals surface area contributed by atoms with Gasteiger partial charge in [0.2, 0.25) is 0 Å². The van der Waals surface area contributed by atoms with Crippen molar-refractivity contribution >= 4 is 28.4 Å². The molecule has 0 saturated heterocycles. The summed E-state index contributed by atoms with van der Waals surface area (Å²) in [6, 6.07) is 2.56. The summed E-state index contributed by atoms with van der Waals surface area (Å²) in [6.45, 7) is 0. The summed E-state index contributed by atoms with van der Waals surface area (Å²) in [6.07, 6.45) is -4.49. The van der Waals surface area contributed by atoms with Crippen LogP contribution in [0.3, 0.4) is 0 Å². The van der Waals surface area contributed by atoms with Crippen molar-refractivity contribution in [1.82, 2.24) is 0 Å². The quantitative estimate of drug-likeness (QED) is 0.464. The SMILES string of the molecule is O/N=C(\Cl)c1cc(C(F)(F)F)ccc1Cl. The van der Waals surface area contributed by atoms with Crippen LogP contribution in [0.4, 0.5) is 13.2 Å². The average Bonchev–Trinajstić information content (AvgIpc) is 2.15. The largest absolute Gasteiger partial charge is 0.416 e. The van der Waals surface area contributed by atoms with Crippen LogP contribution >= 0.6 is 23.2 Å². The number of hydrogen-bond donors (Lipinski definition) is 1. The van der Waals surface area contributed by atoms with Gasteiger partial charge in [-0.15, -0.1) is 0 Å². The molecule has 0 saturated carbocycles. The van der Waals surface area contributed by atoms with Gasteiger partial charge in [0.1, 0.15) is 0 Å². The lowest BCUT2D eigenvalue weighted by atomic mass is 10.1. The maximum atomic E-state index is 12.3. The van der Waals surface area contributed by atoms with Crippen LogP contribution in [-0.2, 0) is 6.18 Å². The van der Waals surface area contributed by atoms with E-state index in [1.54, 1.807) is 0 Å². The monoisotopic (exact) mass is 257 g/mol. The number of alkyl halides is 3. The molecule has 0 aliphatic rings. The Morgan fingerprint density at radius 1 is 1.33 bits per heavy atom. The zero-order valence-electron chi connectivity index (χ0n) is 7.02. The van der Waals surface area contributed by atoms with Gasteiger partial charge >= 0.3 is 6.18 Å². The maximum Gasteiger partial charge on any atom is 0.416 e. The molecule has 2 nitrogen and oxygen atoms in total. The molecule has 7 heteroatoms. The first-order chi connectivity index (χ1) is 6.86. The number of benzene rings is 1. The second-order valence-corrected chi connectivity index (χ2v) is 3.35. The third-order valence-electron chi connectivity index (χ3n) is 1.60. The van der Waals surface area contributed by atoms with Crippen LogP contribution in [0.15, 0.2) is 23.4 Å². The smallest absolute Gasteiger partial charge is 0.410 e. The van der Waals surface area contributed by atoms with Gasteiger partial charge in [0.15, 0.2) is 5.17 Å². The molecule has 1 rings (SSSR count). The van der Waals surface area contributed by atoms with Crippen molar-refractivity contribution in [3.05, 3.63) is 34.3 Å². The van der Waals surface area contributed by atoms with Crippen molar-refractivity contribution in [2.75, 3.05) is 0 Å². The van der Waals surface area contributed by atoms with E-state index in [0.717, 1.165) is 12.1 Å². The molecule has 0 aliphatic heterocycles. The topological polar surface area (TPSA) is 32.6 Å². The van der Waals surface area contributed by atoms with E-state index in [9.17, 15) is 13.2 Å². The minimum Gasteiger partial charge on any atom is -0.410 e. The Morgan fingerprint density at radius 3 is 2.40 bits per heavy atom. The molecule has 1 N–H and O–H groups in total. The van der Waals surface area contributed by atoms with Gasteiger partial charge in [-0.05, 0) is 18.2 Å². The van der Waals surface area contributed by atoms with Gasteiger partial charge in [-0.25, -0.2) is 0 Å². The van der Waals surface area contributed by atoms with E-state index in [2.05, 4.69) is 5.16 Å². The highest BCUT2D eigenvalue weighted by Crippen LogP contribution is 2.32. The summed E-state index contributed by atoms with van der Waals surface area (Å²) in [5.74, 6) is 0. The predicted octanol–water partition coefficient (Wildman–Crippen LogP) is 3.73. The second-order valence-electron chi connectivity index (χ2n) is 2.58. The Balaban J connectivity index is 3.29. The molecule has 0 heterocycles. The first kappa shape index (κ1) is 12.1. The summed E-state index contributed by atoms with van der Waals surface area (Å²) in [7, 11) is 0. The lowest BCUT2D eigenvalue weighted by Gasteiger charge is -2.08. The molecular weight excluding hydrogens is 254 g/mol. The number of halogens is 5. The summed E-state index contributed by atoms with van der Waals surface area (Å²) in [4.78, 5) is 0. The predicted molar refractivity (Wildman–Crippen MR) is 50.6 cm³/mol. The number of hydrogen-bond acceptors (Lipinski definition) is 2. The Bertz CT molecular complexity index is 403. The van der Waals surface area contributed by atoms with E-state index in [4.69, 9.17) is 28.4 Å². The van der Waals surface area contributed by atoms with E-state index in [-0.39, 0.29) is 10.6 Å². The summed E-state index contributed by atoms with van der Waals surface area (Å²) in [5.41, 5.74) is -1.08. The molecule has 0 atom stereocenters. The van der Waals surface area contributed by atoms with Crippen LogP contribution in [0, 0.1) is 0 Å². The standard InChI is InChI=1S/C8H4Cl2F3NO/c9-6-2-1-4(8(11,12)13)3-5(6)7(10)14-15/h1-3,15H/b14-7-. The van der Waals surface area contributed by atoms with E-state index in [1.807, 2.05) is 0 Å².